The van der Waals surface area contributed by atoms with E-state index < -0.39 is 0 Å². The van der Waals surface area contributed by atoms with E-state index in [0.717, 1.165) is 49.3 Å². The number of morpholine rings is 1. The largest absolute Gasteiger partial charge is 0.493 e. The molecule has 0 aliphatic carbocycles. The number of likely N-dealkylation sites (N-methyl/N-ethyl adjacent to an activating group) is 1. The molecule has 200 valence electrons. The molecule has 0 bridgehead atoms. The topological polar surface area (TPSA) is 107 Å². The molecule has 1 aliphatic rings. The number of nitrogen functional groups attached to an aromatic ring is 1. The van der Waals surface area contributed by atoms with Gasteiger partial charge in [-0.05, 0) is 61.0 Å². The molecule has 1 aromatic heterocycles. The Kier molecular flexibility index (Phi) is 11.8. The van der Waals surface area contributed by atoms with E-state index in [9.17, 15) is 9.59 Å². The second kappa shape index (κ2) is 15.5. The van der Waals surface area contributed by atoms with Gasteiger partial charge in [0.15, 0.2) is 0 Å². The van der Waals surface area contributed by atoms with Crippen molar-refractivity contribution < 1.29 is 19.1 Å². The van der Waals surface area contributed by atoms with E-state index in [2.05, 4.69) is 22.2 Å². The standard InChI is InChI=1S/C24H22ClN3O3.C5H11NO/c25-20-8-9-21(19-6-2-18(16-29)3-7-19)22(14-20)31-13-1-12-27-24(30)11-5-17-4-10-23(26)28-15-17;1-6-2-4-7-5-3-6/h2-11,14-16H,1,12-13H2,(H2,26,28)(H,27,30);2-5H2,1H3/b11-5+;. The molecule has 3 aromatic rings. The average Bonchev–Trinajstić information content (AvgIpc) is 2.93. The Bertz CT molecular complexity index is 1190. The predicted octanol–water partition coefficient (Wildman–Crippen LogP) is 4.34. The van der Waals surface area contributed by atoms with Crippen LogP contribution in [0.15, 0.2) is 66.9 Å². The number of hydrogen-bond donors (Lipinski definition) is 2. The van der Waals surface area contributed by atoms with Crippen molar-refractivity contribution in [3.8, 4) is 16.9 Å². The zero-order valence-corrected chi connectivity index (χ0v) is 22.2. The number of benzene rings is 2. The highest BCUT2D eigenvalue weighted by atomic mass is 35.5. The number of hydrogen-bond acceptors (Lipinski definition) is 7. The number of rotatable bonds is 9. The first-order chi connectivity index (χ1) is 18.4. The molecule has 1 amide bonds. The second-order valence-electron chi connectivity index (χ2n) is 8.64. The molecule has 0 saturated carbocycles. The summed E-state index contributed by atoms with van der Waals surface area (Å²) in [5.41, 5.74) is 8.74. The zero-order chi connectivity index (χ0) is 27.2. The van der Waals surface area contributed by atoms with Gasteiger partial charge in [-0.2, -0.15) is 0 Å². The first-order valence-electron chi connectivity index (χ1n) is 12.4. The predicted molar refractivity (Wildman–Crippen MR) is 151 cm³/mol. The molecule has 0 unspecified atom stereocenters. The molecule has 2 heterocycles. The van der Waals surface area contributed by atoms with Gasteiger partial charge in [0.05, 0.1) is 19.8 Å². The molecule has 4 rings (SSSR count). The Morgan fingerprint density at radius 3 is 2.50 bits per heavy atom. The smallest absolute Gasteiger partial charge is 0.244 e. The molecule has 9 heteroatoms. The Morgan fingerprint density at radius 1 is 1.13 bits per heavy atom. The number of nitrogens with one attached hydrogen (secondary N) is 1. The van der Waals surface area contributed by atoms with Crippen molar-refractivity contribution in [2.75, 3.05) is 52.2 Å². The van der Waals surface area contributed by atoms with Crippen LogP contribution in [0, 0.1) is 0 Å². The van der Waals surface area contributed by atoms with Crippen molar-refractivity contribution in [3.63, 3.8) is 0 Å². The van der Waals surface area contributed by atoms with Crippen molar-refractivity contribution in [1.82, 2.24) is 15.2 Å². The summed E-state index contributed by atoms with van der Waals surface area (Å²) in [6.07, 6.45) is 6.15. The monoisotopic (exact) mass is 536 g/mol. The van der Waals surface area contributed by atoms with Crippen LogP contribution in [0.25, 0.3) is 17.2 Å². The van der Waals surface area contributed by atoms with Crippen LogP contribution in [0.4, 0.5) is 5.82 Å². The number of nitrogens with two attached hydrogens (primary N) is 1. The van der Waals surface area contributed by atoms with Gasteiger partial charge in [-0.3, -0.25) is 9.59 Å². The van der Waals surface area contributed by atoms with Crippen LogP contribution in [-0.2, 0) is 9.53 Å². The van der Waals surface area contributed by atoms with Crippen LogP contribution >= 0.6 is 11.6 Å². The molecule has 8 nitrogen and oxygen atoms in total. The molecule has 0 spiro atoms. The van der Waals surface area contributed by atoms with Crippen molar-refractivity contribution in [2.24, 2.45) is 0 Å². The maximum atomic E-state index is 11.9. The number of halogens is 1. The summed E-state index contributed by atoms with van der Waals surface area (Å²) in [6, 6.07) is 16.1. The van der Waals surface area contributed by atoms with E-state index in [4.69, 9.17) is 26.8 Å². The molecule has 3 N–H and O–H groups in total. The molecular formula is C29H33ClN4O4. The summed E-state index contributed by atoms with van der Waals surface area (Å²) >= 11 is 6.13. The quantitative estimate of drug-likeness (QED) is 0.238. The van der Waals surface area contributed by atoms with E-state index in [1.165, 1.54) is 6.08 Å². The van der Waals surface area contributed by atoms with Gasteiger partial charge in [-0.15, -0.1) is 0 Å². The maximum absolute atomic E-state index is 11.9. The Labute approximate surface area is 228 Å². The van der Waals surface area contributed by atoms with Gasteiger partial charge in [-0.25, -0.2) is 4.98 Å². The maximum Gasteiger partial charge on any atom is 0.244 e. The number of aldehydes is 1. The van der Waals surface area contributed by atoms with Gasteiger partial charge in [0.1, 0.15) is 17.9 Å². The van der Waals surface area contributed by atoms with Gasteiger partial charge in [0.2, 0.25) is 5.91 Å². The fourth-order valence-corrected chi connectivity index (χ4v) is 3.62. The van der Waals surface area contributed by atoms with Crippen LogP contribution in [0.5, 0.6) is 5.75 Å². The van der Waals surface area contributed by atoms with Gasteiger partial charge in [-0.1, -0.05) is 35.9 Å². The lowest BCUT2D eigenvalue weighted by Gasteiger charge is -2.21. The summed E-state index contributed by atoms with van der Waals surface area (Å²) in [4.78, 5) is 29.0. The fraction of sp³-hybridized carbons (Fsp3) is 0.276. The number of carbonyl (C=O) groups excluding carboxylic acids is 2. The Hall–Kier alpha value is -3.72. The minimum atomic E-state index is -0.199. The molecule has 1 fully saturated rings. The van der Waals surface area contributed by atoms with Crippen LogP contribution < -0.4 is 15.8 Å². The van der Waals surface area contributed by atoms with Crippen molar-refractivity contribution >= 4 is 35.7 Å². The summed E-state index contributed by atoms with van der Waals surface area (Å²) in [6.45, 7) is 4.89. The third kappa shape index (κ3) is 9.97. The molecule has 0 atom stereocenters. The Balaban J connectivity index is 0.000000494. The minimum absolute atomic E-state index is 0.199. The number of aromatic nitrogens is 1. The van der Waals surface area contributed by atoms with Gasteiger partial charge < -0.3 is 25.4 Å². The highest BCUT2D eigenvalue weighted by Crippen LogP contribution is 2.32. The van der Waals surface area contributed by atoms with Crippen LogP contribution in [0.3, 0.4) is 0 Å². The van der Waals surface area contributed by atoms with Crippen molar-refractivity contribution in [3.05, 3.63) is 83.0 Å². The normalized spacial score (nSPS) is 13.4. The molecule has 0 radical (unpaired) electrons. The summed E-state index contributed by atoms with van der Waals surface area (Å²) < 4.78 is 11.0. The lowest BCUT2D eigenvalue weighted by atomic mass is 10.0. The van der Waals surface area contributed by atoms with E-state index in [1.807, 2.05) is 18.2 Å². The molecule has 38 heavy (non-hydrogen) atoms. The second-order valence-corrected chi connectivity index (χ2v) is 9.08. The van der Waals surface area contributed by atoms with Gasteiger partial charge in [0, 0.05) is 48.1 Å². The fourth-order valence-electron chi connectivity index (χ4n) is 3.46. The van der Waals surface area contributed by atoms with E-state index >= 15 is 0 Å². The number of nitrogens with zero attached hydrogens (tertiary/aromatic N) is 2. The number of anilines is 1. The molecule has 2 aromatic carbocycles. The van der Waals surface area contributed by atoms with E-state index in [-0.39, 0.29) is 5.91 Å². The van der Waals surface area contributed by atoms with Crippen LogP contribution in [-0.4, -0.2) is 68.6 Å². The van der Waals surface area contributed by atoms with E-state index in [1.54, 1.807) is 48.7 Å². The Morgan fingerprint density at radius 2 is 1.87 bits per heavy atom. The lowest BCUT2D eigenvalue weighted by molar-refractivity contribution is -0.116. The zero-order valence-electron chi connectivity index (χ0n) is 21.4. The van der Waals surface area contributed by atoms with Crippen LogP contribution in [0.1, 0.15) is 22.3 Å². The minimum Gasteiger partial charge on any atom is -0.493 e. The number of amides is 1. The molecule has 1 aliphatic heterocycles. The van der Waals surface area contributed by atoms with Gasteiger partial charge >= 0.3 is 0 Å². The number of carbonyl (C=O) groups is 2. The van der Waals surface area contributed by atoms with Gasteiger partial charge in [0.25, 0.3) is 0 Å². The molecule has 1 saturated heterocycles. The lowest BCUT2D eigenvalue weighted by Crippen LogP contribution is -2.32. The first kappa shape index (κ1) is 28.8. The highest BCUT2D eigenvalue weighted by molar-refractivity contribution is 6.30. The van der Waals surface area contributed by atoms with Crippen LogP contribution in [0.2, 0.25) is 5.02 Å². The summed E-state index contributed by atoms with van der Waals surface area (Å²) in [7, 11) is 2.11. The van der Waals surface area contributed by atoms with Crippen molar-refractivity contribution in [1.29, 1.82) is 0 Å². The first-order valence-corrected chi connectivity index (χ1v) is 12.7. The molecular weight excluding hydrogens is 504 g/mol. The average molecular weight is 537 g/mol. The summed E-state index contributed by atoms with van der Waals surface area (Å²) in [5, 5.41) is 3.38. The number of ether oxygens (including phenoxy) is 2. The summed E-state index contributed by atoms with van der Waals surface area (Å²) in [5.74, 6) is 0.881. The third-order valence-electron chi connectivity index (χ3n) is 5.65. The highest BCUT2D eigenvalue weighted by Gasteiger charge is 2.08. The SMILES string of the molecule is CN1CCOCC1.Nc1ccc(/C=C/C(=O)NCCCOc2cc(Cl)ccc2-c2ccc(C=O)cc2)cn1. The number of pyridine rings is 1. The van der Waals surface area contributed by atoms with E-state index in [0.29, 0.717) is 41.7 Å². The van der Waals surface area contributed by atoms with Crippen molar-refractivity contribution in [2.45, 2.75) is 6.42 Å². The third-order valence-corrected chi connectivity index (χ3v) is 5.89.